The number of carbonyl (C=O) groups excluding carboxylic acids is 2. The summed E-state index contributed by atoms with van der Waals surface area (Å²) in [5.41, 5.74) is 2.17. The number of rotatable bonds is 4. The van der Waals surface area contributed by atoms with Crippen LogP contribution >= 0.6 is 0 Å². The molecule has 1 aromatic heterocycles. The predicted octanol–water partition coefficient (Wildman–Crippen LogP) is 3.99. The first-order chi connectivity index (χ1) is 10.3. The quantitative estimate of drug-likeness (QED) is 0.534. The molecule has 3 heteroatoms. The van der Waals surface area contributed by atoms with Gasteiger partial charge in [-0.15, -0.1) is 0 Å². The van der Waals surface area contributed by atoms with Crippen molar-refractivity contribution >= 4 is 12.1 Å². The van der Waals surface area contributed by atoms with Crippen LogP contribution in [0, 0.1) is 0 Å². The van der Waals surface area contributed by atoms with E-state index >= 15 is 0 Å². The van der Waals surface area contributed by atoms with Crippen LogP contribution in [0.2, 0.25) is 0 Å². The van der Waals surface area contributed by atoms with Gasteiger partial charge in [-0.3, -0.25) is 9.59 Å². The van der Waals surface area contributed by atoms with Crippen LogP contribution in [0.25, 0.3) is 11.3 Å². The smallest absolute Gasteiger partial charge is 0.193 e. The van der Waals surface area contributed by atoms with Gasteiger partial charge < -0.3 is 4.42 Å². The molecule has 0 bridgehead atoms. The maximum absolute atomic E-state index is 12.6. The zero-order valence-corrected chi connectivity index (χ0v) is 11.2. The van der Waals surface area contributed by atoms with Crippen LogP contribution in [0.1, 0.15) is 26.3 Å². The van der Waals surface area contributed by atoms with Crippen LogP contribution in [-0.2, 0) is 0 Å². The Bertz CT molecular complexity index is 785. The Morgan fingerprint density at radius 2 is 1.62 bits per heavy atom. The normalized spacial score (nSPS) is 10.3. The fourth-order valence-electron chi connectivity index (χ4n) is 2.26. The molecule has 0 unspecified atom stereocenters. The third-order valence-corrected chi connectivity index (χ3v) is 3.27. The lowest BCUT2D eigenvalue weighted by Gasteiger charge is -2.07. The van der Waals surface area contributed by atoms with Gasteiger partial charge in [0, 0.05) is 16.7 Å². The van der Waals surface area contributed by atoms with Gasteiger partial charge in [0.05, 0.1) is 11.8 Å². The largest absolute Gasteiger partial charge is 0.464 e. The van der Waals surface area contributed by atoms with E-state index in [-0.39, 0.29) is 5.78 Å². The molecule has 102 valence electrons. The van der Waals surface area contributed by atoms with Gasteiger partial charge in [-0.05, 0) is 6.07 Å². The highest BCUT2D eigenvalue weighted by Crippen LogP contribution is 2.28. The second-order valence-corrected chi connectivity index (χ2v) is 4.56. The average Bonchev–Trinajstić information content (AvgIpc) is 3.03. The average molecular weight is 276 g/mol. The zero-order chi connectivity index (χ0) is 14.7. The molecular weight excluding hydrogens is 264 g/mol. The molecule has 0 N–H and O–H groups in total. The Balaban J connectivity index is 2.13. The van der Waals surface area contributed by atoms with Gasteiger partial charge in [0.15, 0.2) is 12.1 Å². The Morgan fingerprint density at radius 3 is 2.38 bits per heavy atom. The van der Waals surface area contributed by atoms with Gasteiger partial charge in [0.25, 0.3) is 0 Å². The first-order valence-electron chi connectivity index (χ1n) is 6.53. The molecule has 21 heavy (non-hydrogen) atoms. The van der Waals surface area contributed by atoms with Crippen molar-refractivity contribution in [2.75, 3.05) is 0 Å². The molecule has 2 aromatic carbocycles. The number of furan rings is 1. The Morgan fingerprint density at radius 1 is 0.905 bits per heavy atom. The van der Waals surface area contributed by atoms with E-state index in [1.165, 1.54) is 6.26 Å². The van der Waals surface area contributed by atoms with Crippen LogP contribution in [0.4, 0.5) is 0 Å². The molecule has 3 rings (SSSR count). The lowest BCUT2D eigenvalue weighted by Crippen LogP contribution is -2.03. The van der Waals surface area contributed by atoms with Crippen molar-refractivity contribution in [3.8, 4) is 11.3 Å². The Kier molecular flexibility index (Phi) is 3.48. The molecule has 0 saturated carbocycles. The highest BCUT2D eigenvalue weighted by molar-refractivity contribution is 6.13. The maximum atomic E-state index is 12.6. The number of carbonyl (C=O) groups is 2. The molecule has 1 heterocycles. The van der Waals surface area contributed by atoms with Crippen molar-refractivity contribution in [3.63, 3.8) is 0 Å². The third kappa shape index (κ3) is 2.41. The SMILES string of the molecule is O=Cc1ccoc1-c1ccccc1C(=O)c1ccccc1. The summed E-state index contributed by atoms with van der Waals surface area (Å²) in [5.74, 6) is 0.323. The first kappa shape index (κ1) is 13.1. The van der Waals surface area contributed by atoms with E-state index in [9.17, 15) is 9.59 Å². The summed E-state index contributed by atoms with van der Waals surface area (Å²) in [6.45, 7) is 0. The molecular formula is C18H12O3. The van der Waals surface area contributed by atoms with Crippen LogP contribution in [0.15, 0.2) is 71.3 Å². The summed E-state index contributed by atoms with van der Waals surface area (Å²) in [4.78, 5) is 23.7. The third-order valence-electron chi connectivity index (χ3n) is 3.27. The molecule has 0 aliphatic carbocycles. The van der Waals surface area contributed by atoms with Gasteiger partial charge >= 0.3 is 0 Å². The van der Waals surface area contributed by atoms with Crippen LogP contribution in [0.5, 0.6) is 0 Å². The standard InChI is InChI=1S/C18H12O3/c19-12-14-10-11-21-18(14)16-9-5-4-8-15(16)17(20)13-6-2-1-3-7-13/h1-12H. The van der Waals surface area contributed by atoms with Gasteiger partial charge in [0.1, 0.15) is 5.76 Å². The van der Waals surface area contributed by atoms with E-state index < -0.39 is 0 Å². The highest BCUT2D eigenvalue weighted by atomic mass is 16.3. The topological polar surface area (TPSA) is 47.3 Å². The second kappa shape index (κ2) is 5.59. The molecule has 0 aliphatic heterocycles. The molecule has 0 fully saturated rings. The van der Waals surface area contributed by atoms with E-state index in [2.05, 4.69) is 0 Å². The van der Waals surface area contributed by atoms with Crippen LogP contribution in [-0.4, -0.2) is 12.1 Å². The lowest BCUT2D eigenvalue weighted by atomic mass is 9.96. The minimum absolute atomic E-state index is 0.0977. The first-order valence-corrected chi connectivity index (χ1v) is 6.53. The Labute approximate surface area is 121 Å². The maximum Gasteiger partial charge on any atom is 0.193 e. The van der Waals surface area contributed by atoms with Gasteiger partial charge in [-0.2, -0.15) is 0 Å². The number of ketones is 1. The lowest BCUT2D eigenvalue weighted by molar-refractivity contribution is 0.103. The second-order valence-electron chi connectivity index (χ2n) is 4.56. The van der Waals surface area contributed by atoms with Gasteiger partial charge in [-0.25, -0.2) is 0 Å². The Hall–Kier alpha value is -2.94. The zero-order valence-electron chi connectivity index (χ0n) is 11.2. The van der Waals surface area contributed by atoms with Crippen molar-refractivity contribution < 1.29 is 14.0 Å². The number of hydrogen-bond donors (Lipinski definition) is 0. The van der Waals surface area contributed by atoms with Crippen molar-refractivity contribution in [1.82, 2.24) is 0 Å². The summed E-state index contributed by atoms with van der Waals surface area (Å²) >= 11 is 0. The van der Waals surface area contributed by atoms with Gasteiger partial charge in [-0.1, -0.05) is 54.6 Å². The van der Waals surface area contributed by atoms with Gasteiger partial charge in [0.2, 0.25) is 0 Å². The summed E-state index contributed by atoms with van der Waals surface area (Å²) < 4.78 is 5.38. The molecule has 0 aliphatic rings. The molecule has 0 radical (unpaired) electrons. The minimum atomic E-state index is -0.0977. The monoisotopic (exact) mass is 276 g/mol. The fourth-order valence-corrected chi connectivity index (χ4v) is 2.26. The van der Waals surface area contributed by atoms with E-state index in [1.54, 1.807) is 36.4 Å². The van der Waals surface area contributed by atoms with Crippen molar-refractivity contribution in [2.24, 2.45) is 0 Å². The van der Waals surface area contributed by atoms with E-state index in [4.69, 9.17) is 4.42 Å². The fraction of sp³-hybridized carbons (Fsp3) is 0. The number of benzene rings is 2. The summed E-state index contributed by atoms with van der Waals surface area (Å²) in [5, 5.41) is 0. The highest BCUT2D eigenvalue weighted by Gasteiger charge is 2.18. The molecule has 0 atom stereocenters. The number of hydrogen-bond acceptors (Lipinski definition) is 3. The molecule has 0 saturated heterocycles. The van der Waals surface area contributed by atoms with Crippen molar-refractivity contribution in [2.45, 2.75) is 0 Å². The van der Waals surface area contributed by atoms with Crippen LogP contribution in [0.3, 0.4) is 0 Å². The predicted molar refractivity (Wildman–Crippen MR) is 79.4 cm³/mol. The molecule has 0 spiro atoms. The van der Waals surface area contributed by atoms with Crippen molar-refractivity contribution in [3.05, 3.63) is 83.6 Å². The molecule has 0 amide bonds. The summed E-state index contributed by atoms with van der Waals surface area (Å²) in [7, 11) is 0. The van der Waals surface area contributed by atoms with E-state index in [1.807, 2.05) is 24.3 Å². The van der Waals surface area contributed by atoms with Crippen LogP contribution < -0.4 is 0 Å². The minimum Gasteiger partial charge on any atom is -0.464 e. The number of aldehydes is 1. The van der Waals surface area contributed by atoms with Crippen molar-refractivity contribution in [1.29, 1.82) is 0 Å². The summed E-state index contributed by atoms with van der Waals surface area (Å²) in [6.07, 6.45) is 2.17. The molecule has 3 nitrogen and oxygen atoms in total. The summed E-state index contributed by atoms with van der Waals surface area (Å²) in [6, 6.07) is 17.7. The molecule has 3 aromatic rings. The van der Waals surface area contributed by atoms with E-state index in [0.717, 1.165) is 6.29 Å². The van der Waals surface area contributed by atoms with E-state index in [0.29, 0.717) is 28.0 Å².